The minimum absolute atomic E-state index is 0.0505. The lowest BCUT2D eigenvalue weighted by molar-refractivity contribution is -0.135. The van der Waals surface area contributed by atoms with E-state index in [0.29, 0.717) is 6.54 Å². The van der Waals surface area contributed by atoms with Crippen molar-refractivity contribution in [2.75, 3.05) is 20.1 Å². The molecule has 4 amide bonds. The van der Waals surface area contributed by atoms with Crippen LogP contribution in [0.2, 0.25) is 0 Å². The van der Waals surface area contributed by atoms with Gasteiger partial charge in [0.15, 0.2) is 0 Å². The van der Waals surface area contributed by atoms with E-state index < -0.39 is 6.03 Å². The highest BCUT2D eigenvalue weighted by atomic mass is 32.1. The fraction of sp³-hybridized carbons (Fsp3) is 0.250. The van der Waals surface area contributed by atoms with Crippen molar-refractivity contribution in [2.45, 2.75) is 6.54 Å². The van der Waals surface area contributed by atoms with Gasteiger partial charge in [0.2, 0.25) is 5.91 Å². The van der Waals surface area contributed by atoms with Gasteiger partial charge in [-0.2, -0.15) is 0 Å². The average molecular weight is 344 g/mol. The van der Waals surface area contributed by atoms with Gasteiger partial charge >= 0.3 is 6.03 Å². The molecule has 1 fully saturated rings. The maximum atomic E-state index is 12.2. The highest BCUT2D eigenvalue weighted by Gasteiger charge is 2.31. The van der Waals surface area contributed by atoms with Crippen molar-refractivity contribution in [2.24, 2.45) is 0 Å². The molecule has 0 atom stereocenters. The third kappa shape index (κ3) is 3.43. The first-order valence-corrected chi connectivity index (χ1v) is 8.18. The number of carbonyl (C=O) groups excluding carboxylic acids is 3. The number of hydrogen-bond acceptors (Lipinski definition) is 5. The van der Waals surface area contributed by atoms with Gasteiger partial charge in [-0.3, -0.25) is 14.5 Å². The Bertz CT molecular complexity index is 759. The van der Waals surface area contributed by atoms with Gasteiger partial charge < -0.3 is 10.2 Å². The number of carbonyl (C=O) groups is 3. The van der Waals surface area contributed by atoms with E-state index in [1.54, 1.807) is 13.2 Å². The highest BCUT2D eigenvalue weighted by Crippen LogP contribution is 2.25. The average Bonchev–Trinajstić information content (AvgIpc) is 3.17. The smallest absolute Gasteiger partial charge is 0.325 e. The fourth-order valence-corrected chi connectivity index (χ4v) is 3.26. The molecule has 1 aliphatic heterocycles. The summed E-state index contributed by atoms with van der Waals surface area (Å²) in [6.45, 7) is 0.0869. The molecule has 1 aliphatic rings. The van der Waals surface area contributed by atoms with Crippen LogP contribution in [0, 0.1) is 0 Å². The van der Waals surface area contributed by atoms with Gasteiger partial charge in [0.25, 0.3) is 5.91 Å². The summed E-state index contributed by atoms with van der Waals surface area (Å²) < 4.78 is 0. The molecule has 1 aromatic carbocycles. The highest BCUT2D eigenvalue weighted by molar-refractivity contribution is 7.15. The summed E-state index contributed by atoms with van der Waals surface area (Å²) in [4.78, 5) is 42.9. The first kappa shape index (κ1) is 16.1. The number of thiazole rings is 1. The molecule has 0 unspecified atom stereocenters. The van der Waals surface area contributed by atoms with Crippen LogP contribution in [-0.4, -0.2) is 52.8 Å². The number of imide groups is 1. The van der Waals surface area contributed by atoms with Gasteiger partial charge in [-0.25, -0.2) is 9.78 Å². The van der Waals surface area contributed by atoms with Gasteiger partial charge in [-0.15, -0.1) is 11.3 Å². The van der Waals surface area contributed by atoms with Crippen LogP contribution in [0.25, 0.3) is 10.6 Å². The van der Waals surface area contributed by atoms with Crippen LogP contribution in [0.15, 0.2) is 36.5 Å². The number of urea groups is 1. The second-order valence-corrected chi connectivity index (χ2v) is 6.50. The Labute approximate surface area is 142 Å². The third-order valence-corrected chi connectivity index (χ3v) is 4.65. The maximum absolute atomic E-state index is 12.2. The molecule has 1 N–H and O–H groups in total. The molecule has 8 heteroatoms. The molecular weight excluding hydrogens is 328 g/mol. The van der Waals surface area contributed by atoms with Crippen molar-refractivity contribution in [3.05, 3.63) is 41.4 Å². The molecule has 7 nitrogen and oxygen atoms in total. The van der Waals surface area contributed by atoms with Gasteiger partial charge in [0.05, 0.1) is 13.1 Å². The number of rotatable bonds is 5. The SMILES string of the molecule is CN(Cc1cnc(-c2ccccc2)s1)C(=O)CN1C(=O)CNC1=O. The van der Waals surface area contributed by atoms with Crippen LogP contribution in [0.3, 0.4) is 0 Å². The second-order valence-electron chi connectivity index (χ2n) is 5.39. The lowest BCUT2D eigenvalue weighted by Gasteiger charge is -2.19. The van der Waals surface area contributed by atoms with E-state index >= 15 is 0 Å². The van der Waals surface area contributed by atoms with Crippen LogP contribution < -0.4 is 5.32 Å². The number of likely N-dealkylation sites (N-methyl/N-ethyl adjacent to an activating group) is 1. The summed E-state index contributed by atoms with van der Waals surface area (Å²) in [6, 6.07) is 9.28. The Morgan fingerprint density at radius 3 is 2.75 bits per heavy atom. The van der Waals surface area contributed by atoms with Crippen LogP contribution in [0.4, 0.5) is 4.79 Å². The molecule has 0 saturated carbocycles. The van der Waals surface area contributed by atoms with E-state index in [0.717, 1.165) is 20.3 Å². The Kier molecular flexibility index (Phi) is 4.57. The first-order valence-electron chi connectivity index (χ1n) is 7.37. The van der Waals surface area contributed by atoms with Crippen molar-refractivity contribution < 1.29 is 14.4 Å². The quantitative estimate of drug-likeness (QED) is 0.830. The molecule has 0 radical (unpaired) electrons. The normalized spacial score (nSPS) is 14.0. The zero-order chi connectivity index (χ0) is 17.1. The minimum Gasteiger partial charge on any atom is -0.339 e. The van der Waals surface area contributed by atoms with Crippen molar-refractivity contribution in [1.29, 1.82) is 0 Å². The lowest BCUT2D eigenvalue weighted by atomic mass is 10.2. The molecule has 2 aromatic rings. The van der Waals surface area contributed by atoms with E-state index in [4.69, 9.17) is 0 Å². The topological polar surface area (TPSA) is 82.6 Å². The predicted molar refractivity (Wildman–Crippen MR) is 89.1 cm³/mol. The first-order chi connectivity index (χ1) is 11.5. The molecule has 124 valence electrons. The summed E-state index contributed by atoms with van der Waals surface area (Å²) >= 11 is 1.51. The summed E-state index contributed by atoms with van der Waals surface area (Å²) in [7, 11) is 1.64. The summed E-state index contributed by atoms with van der Waals surface area (Å²) in [5, 5.41) is 3.28. The van der Waals surface area contributed by atoms with Crippen LogP contribution >= 0.6 is 11.3 Å². The van der Waals surface area contributed by atoms with Gasteiger partial charge in [-0.1, -0.05) is 30.3 Å². The molecule has 0 aliphatic carbocycles. The molecule has 1 aromatic heterocycles. The van der Waals surface area contributed by atoms with E-state index in [2.05, 4.69) is 10.3 Å². The molecule has 2 heterocycles. The molecule has 1 saturated heterocycles. The monoisotopic (exact) mass is 344 g/mol. The maximum Gasteiger partial charge on any atom is 0.325 e. The largest absolute Gasteiger partial charge is 0.339 e. The molecular formula is C16H16N4O3S. The second kappa shape index (κ2) is 6.79. The Morgan fingerprint density at radius 1 is 1.33 bits per heavy atom. The van der Waals surface area contributed by atoms with E-state index in [1.807, 2.05) is 30.3 Å². The molecule has 0 spiro atoms. The number of nitrogens with one attached hydrogen (secondary N) is 1. The predicted octanol–water partition coefficient (Wildman–Crippen LogP) is 1.32. The Balaban J connectivity index is 1.61. The standard InChI is InChI=1S/C16H16N4O3S/c1-19(14(22)10-20-13(21)8-18-16(20)23)9-12-7-17-15(24-12)11-5-3-2-4-6-11/h2-7H,8-10H2,1H3,(H,18,23). The van der Waals surface area contributed by atoms with Crippen molar-refractivity contribution >= 4 is 29.2 Å². The number of aromatic nitrogens is 1. The van der Waals surface area contributed by atoms with Crippen molar-refractivity contribution in [3.63, 3.8) is 0 Å². The fourth-order valence-electron chi connectivity index (χ4n) is 2.29. The molecule has 24 heavy (non-hydrogen) atoms. The van der Waals surface area contributed by atoms with Crippen LogP contribution in [-0.2, 0) is 16.1 Å². The van der Waals surface area contributed by atoms with E-state index in [1.165, 1.54) is 16.2 Å². The number of amides is 4. The summed E-state index contributed by atoms with van der Waals surface area (Å²) in [5.41, 5.74) is 1.03. The lowest BCUT2D eigenvalue weighted by Crippen LogP contribution is -2.41. The number of nitrogens with zero attached hydrogens (tertiary/aromatic N) is 3. The van der Waals surface area contributed by atoms with Gasteiger partial charge in [0.1, 0.15) is 11.6 Å². The Morgan fingerprint density at radius 2 is 2.08 bits per heavy atom. The Hall–Kier alpha value is -2.74. The van der Waals surface area contributed by atoms with Crippen LogP contribution in [0.1, 0.15) is 4.88 Å². The zero-order valence-corrected chi connectivity index (χ0v) is 13.9. The summed E-state index contributed by atoms with van der Waals surface area (Å²) in [6.07, 6.45) is 1.74. The molecule has 3 rings (SSSR count). The number of benzene rings is 1. The van der Waals surface area contributed by atoms with Crippen LogP contribution in [0.5, 0.6) is 0 Å². The minimum atomic E-state index is -0.522. The van der Waals surface area contributed by atoms with Gasteiger partial charge in [-0.05, 0) is 0 Å². The van der Waals surface area contributed by atoms with E-state index in [-0.39, 0.29) is 24.9 Å². The third-order valence-electron chi connectivity index (χ3n) is 3.62. The van der Waals surface area contributed by atoms with Gasteiger partial charge in [0, 0.05) is 23.7 Å². The number of hydrogen-bond donors (Lipinski definition) is 1. The molecule has 0 bridgehead atoms. The summed E-state index contributed by atoms with van der Waals surface area (Å²) in [5.74, 6) is -0.680. The van der Waals surface area contributed by atoms with Crippen molar-refractivity contribution in [3.8, 4) is 10.6 Å². The van der Waals surface area contributed by atoms with Crippen molar-refractivity contribution in [1.82, 2.24) is 20.1 Å². The zero-order valence-electron chi connectivity index (χ0n) is 13.1. The van der Waals surface area contributed by atoms with E-state index in [9.17, 15) is 14.4 Å².